The fraction of sp³-hybridized carbons (Fsp3) is 0.571. The standard InChI is InChI=1S/C14H19FO2/c1-13(6-7-13)14(2,16)9-10-4-5-12(17-3)11(15)8-10/h4-5,8,16H,6-7,9H2,1-3H3. The molecule has 1 aromatic carbocycles. The predicted octanol–water partition coefficient (Wildman–Crippen LogP) is 2.93. The second-order valence-corrected chi connectivity index (χ2v) is 5.48. The molecule has 1 atom stereocenters. The first-order valence-electron chi connectivity index (χ1n) is 5.93. The lowest BCUT2D eigenvalue weighted by Gasteiger charge is -2.30. The first-order valence-corrected chi connectivity index (χ1v) is 5.93. The van der Waals surface area contributed by atoms with E-state index in [2.05, 4.69) is 6.92 Å². The van der Waals surface area contributed by atoms with Gasteiger partial charge in [0.25, 0.3) is 0 Å². The molecule has 0 aromatic heterocycles. The monoisotopic (exact) mass is 238 g/mol. The Morgan fingerprint density at radius 1 is 1.47 bits per heavy atom. The van der Waals surface area contributed by atoms with Gasteiger partial charge < -0.3 is 9.84 Å². The van der Waals surface area contributed by atoms with E-state index in [-0.39, 0.29) is 17.0 Å². The second kappa shape index (κ2) is 3.98. The topological polar surface area (TPSA) is 29.5 Å². The second-order valence-electron chi connectivity index (χ2n) is 5.48. The van der Waals surface area contributed by atoms with E-state index in [1.807, 2.05) is 13.0 Å². The summed E-state index contributed by atoms with van der Waals surface area (Å²) in [6, 6.07) is 4.86. The van der Waals surface area contributed by atoms with Crippen molar-refractivity contribution in [1.82, 2.24) is 0 Å². The third kappa shape index (κ3) is 2.29. The lowest BCUT2D eigenvalue weighted by molar-refractivity contribution is -0.00707. The van der Waals surface area contributed by atoms with E-state index < -0.39 is 5.60 Å². The van der Waals surface area contributed by atoms with Crippen molar-refractivity contribution < 1.29 is 14.2 Å². The summed E-state index contributed by atoms with van der Waals surface area (Å²) in [7, 11) is 1.44. The maximum Gasteiger partial charge on any atom is 0.165 e. The number of hydrogen-bond acceptors (Lipinski definition) is 2. The zero-order chi connectivity index (χ0) is 12.7. The van der Waals surface area contributed by atoms with Crippen LogP contribution in [0.3, 0.4) is 0 Å². The van der Waals surface area contributed by atoms with Crippen LogP contribution < -0.4 is 4.74 Å². The molecule has 0 bridgehead atoms. The summed E-state index contributed by atoms with van der Waals surface area (Å²) in [5.74, 6) is -0.132. The minimum atomic E-state index is -0.770. The summed E-state index contributed by atoms with van der Waals surface area (Å²) in [6.07, 6.45) is 2.56. The van der Waals surface area contributed by atoms with Gasteiger partial charge >= 0.3 is 0 Å². The Morgan fingerprint density at radius 3 is 2.59 bits per heavy atom. The fourth-order valence-electron chi connectivity index (χ4n) is 2.16. The summed E-state index contributed by atoms with van der Waals surface area (Å²) in [5, 5.41) is 10.4. The number of aliphatic hydroxyl groups is 1. The highest BCUT2D eigenvalue weighted by atomic mass is 19.1. The molecule has 17 heavy (non-hydrogen) atoms. The number of ether oxygens (including phenoxy) is 1. The van der Waals surface area contributed by atoms with E-state index in [0.717, 1.165) is 18.4 Å². The average Bonchev–Trinajstić information content (AvgIpc) is 2.98. The highest BCUT2D eigenvalue weighted by Crippen LogP contribution is 2.54. The molecule has 2 rings (SSSR count). The van der Waals surface area contributed by atoms with Crippen LogP contribution in [0.4, 0.5) is 4.39 Å². The first kappa shape index (κ1) is 12.4. The van der Waals surface area contributed by atoms with Crippen molar-refractivity contribution in [1.29, 1.82) is 0 Å². The van der Waals surface area contributed by atoms with Crippen molar-refractivity contribution >= 4 is 0 Å². The zero-order valence-corrected chi connectivity index (χ0v) is 10.6. The smallest absolute Gasteiger partial charge is 0.165 e. The summed E-state index contributed by atoms with van der Waals surface area (Å²) in [5.41, 5.74) is 0.0265. The molecule has 3 heteroatoms. The number of methoxy groups -OCH3 is 1. The van der Waals surface area contributed by atoms with Gasteiger partial charge in [-0.05, 0) is 42.9 Å². The minimum Gasteiger partial charge on any atom is -0.494 e. The Morgan fingerprint density at radius 2 is 2.12 bits per heavy atom. The molecule has 1 unspecified atom stereocenters. The molecule has 2 nitrogen and oxygen atoms in total. The molecule has 0 amide bonds. The van der Waals surface area contributed by atoms with E-state index in [4.69, 9.17) is 4.74 Å². The number of benzene rings is 1. The van der Waals surface area contributed by atoms with Crippen LogP contribution in [0, 0.1) is 11.2 Å². The molecular weight excluding hydrogens is 219 g/mol. The normalized spacial score (nSPS) is 20.8. The van der Waals surface area contributed by atoms with Gasteiger partial charge in [-0.1, -0.05) is 13.0 Å². The number of rotatable bonds is 4. The maximum atomic E-state index is 13.5. The lowest BCUT2D eigenvalue weighted by atomic mass is 9.82. The number of hydrogen-bond donors (Lipinski definition) is 1. The third-order valence-electron chi connectivity index (χ3n) is 4.06. The van der Waals surface area contributed by atoms with E-state index in [9.17, 15) is 9.50 Å². The highest BCUT2D eigenvalue weighted by molar-refractivity contribution is 5.30. The predicted molar refractivity (Wildman–Crippen MR) is 64.6 cm³/mol. The van der Waals surface area contributed by atoms with Gasteiger partial charge in [-0.2, -0.15) is 0 Å². The summed E-state index contributed by atoms with van der Waals surface area (Å²) < 4.78 is 18.4. The van der Waals surface area contributed by atoms with Crippen LogP contribution in [-0.4, -0.2) is 17.8 Å². The molecule has 0 aliphatic heterocycles. The Balaban J connectivity index is 2.16. The van der Waals surface area contributed by atoms with Crippen molar-refractivity contribution in [3.63, 3.8) is 0 Å². The van der Waals surface area contributed by atoms with E-state index in [1.165, 1.54) is 13.2 Å². The first-order chi connectivity index (χ1) is 7.88. The molecule has 1 aromatic rings. The highest BCUT2D eigenvalue weighted by Gasteiger charge is 2.51. The zero-order valence-electron chi connectivity index (χ0n) is 10.6. The van der Waals surface area contributed by atoms with Gasteiger partial charge in [0.05, 0.1) is 12.7 Å². The SMILES string of the molecule is COc1ccc(CC(C)(O)C2(C)CC2)cc1F. The molecule has 0 saturated heterocycles. The molecule has 94 valence electrons. The van der Waals surface area contributed by atoms with Crippen LogP contribution >= 0.6 is 0 Å². The van der Waals surface area contributed by atoms with E-state index >= 15 is 0 Å². The molecule has 0 heterocycles. The van der Waals surface area contributed by atoms with Crippen LogP contribution in [-0.2, 0) is 6.42 Å². The third-order valence-corrected chi connectivity index (χ3v) is 4.06. The Kier molecular flexibility index (Phi) is 2.90. The van der Waals surface area contributed by atoms with Crippen LogP contribution in [0.15, 0.2) is 18.2 Å². The Hall–Kier alpha value is -1.09. The molecule has 1 N–H and O–H groups in total. The largest absolute Gasteiger partial charge is 0.494 e. The van der Waals surface area contributed by atoms with Crippen molar-refractivity contribution in [3.8, 4) is 5.75 Å². The fourth-order valence-corrected chi connectivity index (χ4v) is 2.16. The van der Waals surface area contributed by atoms with Crippen LogP contribution in [0.2, 0.25) is 0 Å². The molecule has 1 aliphatic rings. The maximum absolute atomic E-state index is 13.5. The summed E-state index contributed by atoms with van der Waals surface area (Å²) in [6.45, 7) is 3.91. The van der Waals surface area contributed by atoms with Crippen LogP contribution in [0.5, 0.6) is 5.75 Å². The molecule has 0 radical (unpaired) electrons. The van der Waals surface area contributed by atoms with Crippen molar-refractivity contribution in [2.45, 2.75) is 38.7 Å². The molecular formula is C14H19FO2. The molecule has 0 spiro atoms. The van der Waals surface area contributed by atoms with Gasteiger partial charge in [-0.3, -0.25) is 0 Å². The molecule has 1 fully saturated rings. The van der Waals surface area contributed by atoms with Gasteiger partial charge in [0.1, 0.15) is 0 Å². The van der Waals surface area contributed by atoms with Crippen molar-refractivity contribution in [2.75, 3.05) is 7.11 Å². The van der Waals surface area contributed by atoms with E-state index in [1.54, 1.807) is 6.07 Å². The Labute approximate surface area is 101 Å². The average molecular weight is 238 g/mol. The lowest BCUT2D eigenvalue weighted by Crippen LogP contribution is -2.36. The van der Waals surface area contributed by atoms with Crippen LogP contribution in [0.25, 0.3) is 0 Å². The molecule has 1 aliphatic carbocycles. The molecule has 1 saturated carbocycles. The van der Waals surface area contributed by atoms with Gasteiger partial charge in [-0.15, -0.1) is 0 Å². The quantitative estimate of drug-likeness (QED) is 0.874. The number of halogens is 1. The van der Waals surface area contributed by atoms with E-state index in [0.29, 0.717) is 6.42 Å². The van der Waals surface area contributed by atoms with Gasteiger partial charge in [0.2, 0.25) is 0 Å². The van der Waals surface area contributed by atoms with Crippen molar-refractivity contribution in [2.24, 2.45) is 5.41 Å². The minimum absolute atomic E-state index is 0.0105. The van der Waals surface area contributed by atoms with Crippen molar-refractivity contribution in [3.05, 3.63) is 29.6 Å². The van der Waals surface area contributed by atoms with Gasteiger partial charge in [-0.25, -0.2) is 4.39 Å². The van der Waals surface area contributed by atoms with Crippen LogP contribution in [0.1, 0.15) is 32.3 Å². The van der Waals surface area contributed by atoms with Gasteiger partial charge in [0.15, 0.2) is 11.6 Å². The summed E-state index contributed by atoms with van der Waals surface area (Å²) >= 11 is 0. The van der Waals surface area contributed by atoms with Gasteiger partial charge in [0, 0.05) is 6.42 Å². The Bertz CT molecular complexity index is 422. The summed E-state index contributed by atoms with van der Waals surface area (Å²) in [4.78, 5) is 0.